The van der Waals surface area contributed by atoms with Crippen molar-refractivity contribution in [3.63, 3.8) is 0 Å². The molecule has 0 atom stereocenters. The van der Waals surface area contributed by atoms with Gasteiger partial charge in [-0.1, -0.05) is 33.4 Å². The van der Waals surface area contributed by atoms with Gasteiger partial charge in [-0.3, -0.25) is 0 Å². The quantitative estimate of drug-likeness (QED) is 0.605. The molecular weight excluding hydrogens is 126 g/mol. The van der Waals surface area contributed by atoms with Crippen LogP contribution in [0.4, 0.5) is 0 Å². The molecule has 0 fully saturated rings. The first-order chi connectivity index (χ1) is 3.92. The second kappa shape index (κ2) is 3.37. The first-order valence-corrected chi connectivity index (χ1v) is 6.99. The van der Waals surface area contributed by atoms with Crippen molar-refractivity contribution in [1.82, 2.24) is 0 Å². The largest absolute Gasteiger partial charge is 0.351 e. The van der Waals surface area contributed by atoms with E-state index in [4.69, 9.17) is 5.40 Å². The van der Waals surface area contributed by atoms with E-state index in [1.807, 2.05) is 0 Å². The van der Waals surface area contributed by atoms with Crippen LogP contribution in [0.3, 0.4) is 0 Å². The number of rotatable bonds is 3. The number of nitrogens with two attached hydrogens (primary N) is 1. The summed E-state index contributed by atoms with van der Waals surface area (Å²) in [5.41, 5.74) is 0. The lowest BCUT2D eigenvalue weighted by molar-refractivity contribution is 0.619. The third kappa shape index (κ3) is 8.18. The van der Waals surface area contributed by atoms with E-state index in [2.05, 4.69) is 26.9 Å². The third-order valence-corrected chi connectivity index (χ3v) is 2.94. The molecule has 1 nitrogen and oxygen atoms in total. The van der Waals surface area contributed by atoms with Crippen molar-refractivity contribution in [2.45, 2.75) is 39.4 Å². The molecule has 56 valence electrons. The fraction of sp³-hybridized carbons (Fsp3) is 1.00. The van der Waals surface area contributed by atoms with Crippen LogP contribution in [-0.2, 0) is 0 Å². The Balaban J connectivity index is 3.28. The first-order valence-electron chi connectivity index (χ1n) is 3.71. The Bertz CT molecular complexity index is 73.5. The topological polar surface area (TPSA) is 26.0 Å². The SMILES string of the molecule is CC(C)CC[Si](C)(C)N. The van der Waals surface area contributed by atoms with Crippen LogP contribution in [0.2, 0.25) is 19.1 Å². The van der Waals surface area contributed by atoms with Gasteiger partial charge in [-0.25, -0.2) is 0 Å². The van der Waals surface area contributed by atoms with E-state index in [0.717, 1.165) is 5.92 Å². The van der Waals surface area contributed by atoms with E-state index >= 15 is 0 Å². The Morgan fingerprint density at radius 1 is 1.33 bits per heavy atom. The Morgan fingerprint density at radius 3 is 1.89 bits per heavy atom. The van der Waals surface area contributed by atoms with E-state index in [0.29, 0.717) is 0 Å². The lowest BCUT2D eigenvalue weighted by Gasteiger charge is -2.16. The summed E-state index contributed by atoms with van der Waals surface area (Å²) < 4.78 is 0. The maximum Gasteiger partial charge on any atom is 0.116 e. The Kier molecular flexibility index (Phi) is 3.44. The number of hydrogen-bond acceptors (Lipinski definition) is 1. The van der Waals surface area contributed by atoms with Crippen LogP contribution in [0.25, 0.3) is 0 Å². The van der Waals surface area contributed by atoms with Gasteiger partial charge in [-0.05, 0) is 12.0 Å². The summed E-state index contributed by atoms with van der Waals surface area (Å²) in [5, 5.41) is 5.92. The predicted octanol–water partition coefficient (Wildman–Crippen LogP) is 2.20. The van der Waals surface area contributed by atoms with Gasteiger partial charge in [0.15, 0.2) is 0 Å². The van der Waals surface area contributed by atoms with Gasteiger partial charge in [0.2, 0.25) is 0 Å². The van der Waals surface area contributed by atoms with E-state index in [1.54, 1.807) is 0 Å². The highest BCUT2D eigenvalue weighted by Gasteiger charge is 2.13. The highest BCUT2D eigenvalue weighted by molar-refractivity contribution is 6.74. The fourth-order valence-electron chi connectivity index (χ4n) is 0.661. The zero-order valence-corrected chi connectivity index (χ0v) is 8.07. The molecule has 0 aliphatic carbocycles. The van der Waals surface area contributed by atoms with Gasteiger partial charge >= 0.3 is 0 Å². The average Bonchev–Trinajstić information content (AvgIpc) is 1.59. The van der Waals surface area contributed by atoms with Crippen molar-refractivity contribution >= 4 is 8.24 Å². The molecule has 0 amide bonds. The molecule has 0 aromatic heterocycles. The van der Waals surface area contributed by atoms with Crippen LogP contribution in [0.15, 0.2) is 0 Å². The zero-order valence-electron chi connectivity index (χ0n) is 7.07. The molecule has 0 spiro atoms. The lowest BCUT2D eigenvalue weighted by atomic mass is 10.2. The highest BCUT2D eigenvalue weighted by atomic mass is 28.3. The summed E-state index contributed by atoms with van der Waals surface area (Å²) >= 11 is 0. The molecule has 0 aromatic carbocycles. The second-order valence-electron chi connectivity index (χ2n) is 3.92. The molecule has 0 unspecified atom stereocenters. The molecule has 0 aliphatic rings. The zero-order chi connectivity index (χ0) is 7.49. The average molecular weight is 145 g/mol. The van der Waals surface area contributed by atoms with E-state index < -0.39 is 8.24 Å². The maximum absolute atomic E-state index is 5.92. The molecule has 0 rings (SSSR count). The molecule has 2 N–H and O–H groups in total. The standard InChI is InChI=1S/C7H19NSi/c1-7(2)5-6-9(3,4)8/h7H,5-6,8H2,1-4H3. The summed E-state index contributed by atoms with van der Waals surface area (Å²) in [6, 6.07) is 1.27. The minimum atomic E-state index is -1.22. The highest BCUT2D eigenvalue weighted by Crippen LogP contribution is 2.10. The summed E-state index contributed by atoms with van der Waals surface area (Å²) in [5.74, 6) is 0.820. The molecule has 0 saturated carbocycles. The Morgan fingerprint density at radius 2 is 1.78 bits per heavy atom. The predicted molar refractivity (Wildman–Crippen MR) is 45.9 cm³/mol. The fourth-order valence-corrected chi connectivity index (χ4v) is 1.98. The van der Waals surface area contributed by atoms with Gasteiger partial charge in [0.1, 0.15) is 8.24 Å². The molecule has 0 aromatic rings. The lowest BCUT2D eigenvalue weighted by Crippen LogP contribution is -2.37. The molecule has 0 heterocycles. The van der Waals surface area contributed by atoms with Crippen LogP contribution < -0.4 is 5.40 Å². The van der Waals surface area contributed by atoms with Gasteiger partial charge in [0, 0.05) is 0 Å². The Labute approximate surface area is 59.7 Å². The smallest absolute Gasteiger partial charge is 0.116 e. The van der Waals surface area contributed by atoms with Crippen LogP contribution in [0.5, 0.6) is 0 Å². The summed E-state index contributed by atoms with van der Waals surface area (Å²) in [4.78, 5) is 0. The summed E-state index contributed by atoms with van der Waals surface area (Å²) in [6.45, 7) is 8.94. The monoisotopic (exact) mass is 145 g/mol. The molecule has 2 heteroatoms. The van der Waals surface area contributed by atoms with Gasteiger partial charge in [-0.15, -0.1) is 0 Å². The van der Waals surface area contributed by atoms with Gasteiger partial charge < -0.3 is 5.40 Å². The van der Waals surface area contributed by atoms with Crippen molar-refractivity contribution in [2.75, 3.05) is 0 Å². The third-order valence-electron chi connectivity index (χ3n) is 1.37. The second-order valence-corrected chi connectivity index (χ2v) is 8.40. The van der Waals surface area contributed by atoms with Crippen LogP contribution >= 0.6 is 0 Å². The molecule has 0 aliphatic heterocycles. The van der Waals surface area contributed by atoms with E-state index in [-0.39, 0.29) is 0 Å². The van der Waals surface area contributed by atoms with E-state index in [9.17, 15) is 0 Å². The summed E-state index contributed by atoms with van der Waals surface area (Å²) in [6.07, 6.45) is 1.30. The van der Waals surface area contributed by atoms with Gasteiger partial charge in [-0.2, -0.15) is 0 Å². The number of hydrogen-bond donors (Lipinski definition) is 1. The van der Waals surface area contributed by atoms with Crippen molar-refractivity contribution in [3.05, 3.63) is 0 Å². The molecule has 0 bridgehead atoms. The minimum absolute atomic E-state index is 0.820. The minimum Gasteiger partial charge on any atom is -0.351 e. The molecule has 9 heavy (non-hydrogen) atoms. The first kappa shape index (κ1) is 9.18. The molecular formula is C7H19NSi. The van der Waals surface area contributed by atoms with Gasteiger partial charge in [0.25, 0.3) is 0 Å². The van der Waals surface area contributed by atoms with Crippen LogP contribution in [-0.4, -0.2) is 8.24 Å². The normalized spacial score (nSPS) is 12.7. The van der Waals surface area contributed by atoms with Gasteiger partial charge in [0.05, 0.1) is 0 Å². The van der Waals surface area contributed by atoms with E-state index in [1.165, 1.54) is 12.5 Å². The van der Waals surface area contributed by atoms with Crippen LogP contribution in [0.1, 0.15) is 20.3 Å². The summed E-state index contributed by atoms with van der Waals surface area (Å²) in [7, 11) is -1.22. The Hall–Kier alpha value is 0.177. The van der Waals surface area contributed by atoms with Crippen molar-refractivity contribution in [2.24, 2.45) is 11.3 Å². The molecule has 0 saturated heterocycles. The van der Waals surface area contributed by atoms with Crippen LogP contribution in [0, 0.1) is 5.92 Å². The van der Waals surface area contributed by atoms with Crippen molar-refractivity contribution in [3.8, 4) is 0 Å². The van der Waals surface area contributed by atoms with Crippen molar-refractivity contribution < 1.29 is 0 Å². The van der Waals surface area contributed by atoms with Crippen molar-refractivity contribution in [1.29, 1.82) is 0 Å². The maximum atomic E-state index is 5.92. The molecule has 0 radical (unpaired) electrons.